The third-order valence-electron chi connectivity index (χ3n) is 2.59. The number of aromatic nitrogens is 1. The lowest BCUT2D eigenvalue weighted by Gasteiger charge is -2.27. The molecular formula is C10H13ClN2O2S. The first-order valence-corrected chi connectivity index (χ1v) is 6.92. The summed E-state index contributed by atoms with van der Waals surface area (Å²) in [6.45, 7) is 1.40. The van der Waals surface area contributed by atoms with Crippen LogP contribution in [0.3, 0.4) is 0 Å². The smallest absolute Gasteiger partial charge is 0.128 e. The molecule has 1 aliphatic heterocycles. The standard InChI is InChI=1S/C10H13ClN2O2S/c11-9-6-12-10(5-8(9)7-14)13-1-3-16(15)4-2-13/h5-6,14H,1-4,7H2. The molecule has 0 aliphatic carbocycles. The van der Waals surface area contributed by atoms with E-state index in [1.165, 1.54) is 0 Å². The van der Waals surface area contributed by atoms with Gasteiger partial charge in [0.05, 0.1) is 11.6 Å². The second kappa shape index (κ2) is 5.12. The van der Waals surface area contributed by atoms with Crippen molar-refractivity contribution in [1.29, 1.82) is 0 Å². The Morgan fingerprint density at radius 1 is 1.50 bits per heavy atom. The van der Waals surface area contributed by atoms with E-state index in [9.17, 15) is 4.21 Å². The molecule has 0 aromatic carbocycles. The second-order valence-corrected chi connectivity index (χ2v) is 5.73. The average Bonchev–Trinajstić information content (AvgIpc) is 2.31. The molecule has 2 heterocycles. The quantitative estimate of drug-likeness (QED) is 0.855. The van der Waals surface area contributed by atoms with Crippen molar-refractivity contribution in [1.82, 2.24) is 4.98 Å². The van der Waals surface area contributed by atoms with E-state index in [4.69, 9.17) is 16.7 Å². The van der Waals surface area contributed by atoms with Crippen molar-refractivity contribution in [3.05, 3.63) is 22.8 Å². The minimum Gasteiger partial charge on any atom is -0.392 e. The molecule has 0 atom stereocenters. The van der Waals surface area contributed by atoms with E-state index in [0.717, 1.165) is 18.9 Å². The van der Waals surface area contributed by atoms with E-state index in [-0.39, 0.29) is 6.61 Å². The molecule has 4 nitrogen and oxygen atoms in total. The van der Waals surface area contributed by atoms with Crippen molar-refractivity contribution in [3.63, 3.8) is 0 Å². The van der Waals surface area contributed by atoms with E-state index in [2.05, 4.69) is 9.88 Å². The first-order chi connectivity index (χ1) is 7.70. The molecule has 0 unspecified atom stereocenters. The molecule has 0 amide bonds. The van der Waals surface area contributed by atoms with Gasteiger partial charge in [0, 0.05) is 47.2 Å². The molecule has 0 saturated carbocycles. The summed E-state index contributed by atoms with van der Waals surface area (Å²) >= 11 is 5.87. The molecule has 1 fully saturated rings. The average molecular weight is 261 g/mol. The number of hydrogen-bond donors (Lipinski definition) is 1. The Balaban J connectivity index is 2.17. The summed E-state index contributed by atoms with van der Waals surface area (Å²) in [5.41, 5.74) is 0.679. The summed E-state index contributed by atoms with van der Waals surface area (Å²) in [6, 6.07) is 1.79. The lowest BCUT2D eigenvalue weighted by atomic mass is 10.2. The van der Waals surface area contributed by atoms with Gasteiger partial charge in [-0.2, -0.15) is 0 Å². The van der Waals surface area contributed by atoms with Crippen molar-refractivity contribution in [2.45, 2.75) is 6.61 Å². The predicted molar refractivity (Wildman–Crippen MR) is 65.3 cm³/mol. The van der Waals surface area contributed by atoms with Gasteiger partial charge in [-0.3, -0.25) is 4.21 Å². The third-order valence-corrected chi connectivity index (χ3v) is 4.21. The number of halogens is 1. The van der Waals surface area contributed by atoms with E-state index in [0.29, 0.717) is 22.1 Å². The molecular weight excluding hydrogens is 248 g/mol. The van der Waals surface area contributed by atoms with Crippen molar-refractivity contribution in [3.8, 4) is 0 Å². The number of pyridine rings is 1. The van der Waals surface area contributed by atoms with Crippen LogP contribution in [0.25, 0.3) is 0 Å². The highest BCUT2D eigenvalue weighted by atomic mass is 35.5. The number of aliphatic hydroxyl groups is 1. The third kappa shape index (κ3) is 2.53. The zero-order chi connectivity index (χ0) is 11.5. The minimum atomic E-state index is -0.691. The SMILES string of the molecule is O=S1CCN(c2cc(CO)c(Cl)cn2)CC1. The van der Waals surface area contributed by atoms with Gasteiger partial charge in [0.15, 0.2) is 0 Å². The molecule has 16 heavy (non-hydrogen) atoms. The van der Waals surface area contributed by atoms with Crippen molar-refractivity contribution < 1.29 is 9.32 Å². The first-order valence-electron chi connectivity index (χ1n) is 5.06. The van der Waals surface area contributed by atoms with Gasteiger partial charge in [-0.1, -0.05) is 11.6 Å². The van der Waals surface area contributed by atoms with Gasteiger partial charge in [-0.15, -0.1) is 0 Å². The molecule has 1 aromatic rings. The summed E-state index contributed by atoms with van der Waals surface area (Å²) in [5, 5.41) is 9.58. The van der Waals surface area contributed by atoms with Crippen LogP contribution in [0, 0.1) is 0 Å². The summed E-state index contributed by atoms with van der Waals surface area (Å²) in [5.74, 6) is 2.16. The number of nitrogens with zero attached hydrogens (tertiary/aromatic N) is 2. The molecule has 0 spiro atoms. The molecule has 0 radical (unpaired) electrons. The second-order valence-electron chi connectivity index (χ2n) is 3.63. The maximum absolute atomic E-state index is 11.2. The van der Waals surface area contributed by atoms with Crippen molar-refractivity contribution in [2.24, 2.45) is 0 Å². The largest absolute Gasteiger partial charge is 0.392 e. The maximum Gasteiger partial charge on any atom is 0.128 e. The molecule has 1 saturated heterocycles. The van der Waals surface area contributed by atoms with Crippen molar-refractivity contribution in [2.75, 3.05) is 29.5 Å². The summed E-state index contributed by atoms with van der Waals surface area (Å²) in [4.78, 5) is 6.29. The number of rotatable bonds is 2. The Labute approximate surface area is 102 Å². The van der Waals surface area contributed by atoms with E-state index >= 15 is 0 Å². The maximum atomic E-state index is 11.2. The monoisotopic (exact) mass is 260 g/mol. The van der Waals surface area contributed by atoms with Crippen LogP contribution in [0.4, 0.5) is 5.82 Å². The Morgan fingerprint density at radius 3 is 2.81 bits per heavy atom. The molecule has 2 rings (SSSR count). The summed E-state index contributed by atoms with van der Waals surface area (Å²) in [7, 11) is -0.691. The highest BCUT2D eigenvalue weighted by Crippen LogP contribution is 2.21. The van der Waals surface area contributed by atoms with Gasteiger partial charge in [0.2, 0.25) is 0 Å². The van der Waals surface area contributed by atoms with Crippen LogP contribution in [0.5, 0.6) is 0 Å². The van der Waals surface area contributed by atoms with Crippen molar-refractivity contribution >= 4 is 28.2 Å². The van der Waals surface area contributed by atoms with Gasteiger partial charge in [-0.25, -0.2) is 4.98 Å². The van der Waals surface area contributed by atoms with Gasteiger partial charge >= 0.3 is 0 Å². The Hall–Kier alpha value is -0.650. The van der Waals surface area contributed by atoms with Gasteiger partial charge < -0.3 is 10.0 Å². The fraction of sp³-hybridized carbons (Fsp3) is 0.500. The van der Waals surface area contributed by atoms with Crippen LogP contribution in [0.2, 0.25) is 5.02 Å². The first kappa shape index (κ1) is 11.8. The highest BCUT2D eigenvalue weighted by Gasteiger charge is 2.17. The highest BCUT2D eigenvalue weighted by molar-refractivity contribution is 7.85. The van der Waals surface area contributed by atoms with Crippen LogP contribution >= 0.6 is 11.6 Å². The molecule has 1 aliphatic rings. The predicted octanol–water partition coefficient (Wildman–Crippen LogP) is 0.796. The van der Waals surface area contributed by atoms with Gasteiger partial charge in [-0.05, 0) is 6.07 Å². The number of anilines is 1. The Morgan fingerprint density at radius 2 is 2.19 bits per heavy atom. The molecule has 0 bridgehead atoms. The zero-order valence-corrected chi connectivity index (χ0v) is 10.3. The molecule has 1 aromatic heterocycles. The lowest BCUT2D eigenvalue weighted by molar-refractivity contribution is 0.282. The van der Waals surface area contributed by atoms with Crippen LogP contribution in [-0.2, 0) is 17.4 Å². The number of aliphatic hydroxyl groups excluding tert-OH is 1. The topological polar surface area (TPSA) is 53.4 Å². The molecule has 6 heteroatoms. The van der Waals surface area contributed by atoms with Gasteiger partial charge in [0.25, 0.3) is 0 Å². The van der Waals surface area contributed by atoms with Gasteiger partial charge in [0.1, 0.15) is 5.82 Å². The fourth-order valence-electron chi connectivity index (χ4n) is 1.63. The molecule has 88 valence electrons. The normalized spacial score (nSPS) is 17.8. The van der Waals surface area contributed by atoms with Crippen LogP contribution in [0.15, 0.2) is 12.3 Å². The Kier molecular flexibility index (Phi) is 3.78. The molecule has 1 N–H and O–H groups in total. The van der Waals surface area contributed by atoms with Crippen LogP contribution in [0.1, 0.15) is 5.56 Å². The van der Waals surface area contributed by atoms with E-state index in [1.807, 2.05) is 0 Å². The summed E-state index contributed by atoms with van der Waals surface area (Å²) < 4.78 is 11.2. The number of hydrogen-bond acceptors (Lipinski definition) is 4. The van der Waals surface area contributed by atoms with E-state index in [1.54, 1.807) is 12.3 Å². The van der Waals surface area contributed by atoms with Crippen LogP contribution < -0.4 is 4.90 Å². The minimum absolute atomic E-state index is 0.0892. The fourth-order valence-corrected chi connectivity index (χ4v) is 2.84. The zero-order valence-electron chi connectivity index (χ0n) is 8.73. The van der Waals surface area contributed by atoms with Crippen LogP contribution in [-0.4, -0.2) is 38.9 Å². The Bertz CT molecular complexity index is 404. The van der Waals surface area contributed by atoms with E-state index < -0.39 is 10.8 Å². The lowest BCUT2D eigenvalue weighted by Crippen LogP contribution is -2.38. The summed E-state index contributed by atoms with van der Waals surface area (Å²) in [6.07, 6.45) is 1.55.